The van der Waals surface area contributed by atoms with E-state index in [0.717, 1.165) is 0 Å². The molecule has 0 saturated carbocycles. The Morgan fingerprint density at radius 3 is 2.27 bits per heavy atom. The molecule has 11 heavy (non-hydrogen) atoms. The van der Waals surface area contributed by atoms with E-state index < -0.39 is 0 Å². The molecule has 0 aliphatic carbocycles. The second kappa shape index (κ2) is 5.89. The Kier molecular flexibility index (Phi) is 5.43. The fraction of sp³-hybridized carbons (Fsp3) is 0.333. The standard InChI is InChI=1S/C8H11N.CH5N/c1-7-3-2-4-8(5-7)6-9;1-2/h2-5H,6,9H2,1H3;2H2,1H3. The molecule has 0 saturated heterocycles. The summed E-state index contributed by atoms with van der Waals surface area (Å²) in [5.74, 6) is 0. The Morgan fingerprint density at radius 1 is 1.27 bits per heavy atom. The summed E-state index contributed by atoms with van der Waals surface area (Å²) >= 11 is 0. The van der Waals surface area contributed by atoms with Gasteiger partial charge in [-0.2, -0.15) is 0 Å². The highest BCUT2D eigenvalue weighted by Gasteiger charge is 1.85. The predicted molar refractivity (Wildman–Crippen MR) is 49.2 cm³/mol. The van der Waals surface area contributed by atoms with Gasteiger partial charge in [-0.1, -0.05) is 29.8 Å². The van der Waals surface area contributed by atoms with Gasteiger partial charge in [0.1, 0.15) is 0 Å². The Balaban J connectivity index is 0.000000461. The quantitative estimate of drug-likeness (QED) is 0.631. The molecule has 1 aromatic carbocycles. The third kappa shape index (κ3) is 3.75. The summed E-state index contributed by atoms with van der Waals surface area (Å²) in [4.78, 5) is 0. The van der Waals surface area contributed by atoms with Crippen molar-refractivity contribution in [3.8, 4) is 0 Å². The van der Waals surface area contributed by atoms with E-state index in [0.29, 0.717) is 6.54 Å². The SMILES string of the molecule is CN.Cc1cccc(CN)c1. The molecule has 0 radical (unpaired) electrons. The van der Waals surface area contributed by atoms with Crippen LogP contribution in [0.2, 0.25) is 0 Å². The minimum Gasteiger partial charge on any atom is -0.333 e. The first-order valence-corrected chi connectivity index (χ1v) is 3.66. The molecule has 0 aromatic heterocycles. The summed E-state index contributed by atoms with van der Waals surface area (Å²) in [6.07, 6.45) is 0. The van der Waals surface area contributed by atoms with Crippen LogP contribution in [0.5, 0.6) is 0 Å². The molecule has 0 atom stereocenters. The maximum atomic E-state index is 5.42. The van der Waals surface area contributed by atoms with Gasteiger partial charge in [0.15, 0.2) is 0 Å². The Labute approximate surface area is 68.2 Å². The Morgan fingerprint density at radius 2 is 1.91 bits per heavy atom. The maximum Gasteiger partial charge on any atom is 0.0178 e. The molecule has 0 aliphatic heterocycles. The van der Waals surface area contributed by atoms with Crippen molar-refractivity contribution in [2.45, 2.75) is 13.5 Å². The smallest absolute Gasteiger partial charge is 0.0178 e. The lowest BCUT2D eigenvalue weighted by Crippen LogP contribution is -1.95. The maximum absolute atomic E-state index is 5.42. The first-order valence-electron chi connectivity index (χ1n) is 3.66. The van der Waals surface area contributed by atoms with E-state index in [1.54, 1.807) is 0 Å². The van der Waals surface area contributed by atoms with Gasteiger partial charge >= 0.3 is 0 Å². The fourth-order valence-corrected chi connectivity index (χ4v) is 0.839. The lowest BCUT2D eigenvalue weighted by molar-refractivity contribution is 1.07. The first-order chi connectivity index (χ1) is 5.33. The number of hydrogen-bond acceptors (Lipinski definition) is 2. The summed E-state index contributed by atoms with van der Waals surface area (Å²) < 4.78 is 0. The average Bonchev–Trinajstić information content (AvgIpc) is 2.08. The van der Waals surface area contributed by atoms with Gasteiger partial charge < -0.3 is 11.5 Å². The molecule has 0 heterocycles. The van der Waals surface area contributed by atoms with Gasteiger partial charge in [0, 0.05) is 6.54 Å². The van der Waals surface area contributed by atoms with Crippen molar-refractivity contribution in [2.75, 3.05) is 7.05 Å². The van der Waals surface area contributed by atoms with Gasteiger partial charge in [-0.3, -0.25) is 0 Å². The monoisotopic (exact) mass is 152 g/mol. The van der Waals surface area contributed by atoms with E-state index in [2.05, 4.69) is 24.8 Å². The van der Waals surface area contributed by atoms with Gasteiger partial charge in [0.25, 0.3) is 0 Å². The van der Waals surface area contributed by atoms with E-state index in [-0.39, 0.29) is 0 Å². The van der Waals surface area contributed by atoms with Crippen LogP contribution in [0.1, 0.15) is 11.1 Å². The van der Waals surface area contributed by atoms with Crippen molar-refractivity contribution in [1.82, 2.24) is 0 Å². The van der Waals surface area contributed by atoms with Crippen LogP contribution in [0, 0.1) is 6.92 Å². The van der Waals surface area contributed by atoms with Crippen molar-refractivity contribution in [2.24, 2.45) is 11.5 Å². The molecule has 4 N–H and O–H groups in total. The molecule has 2 heteroatoms. The van der Waals surface area contributed by atoms with E-state index >= 15 is 0 Å². The topological polar surface area (TPSA) is 52.0 Å². The summed E-state index contributed by atoms with van der Waals surface area (Å²) in [5, 5.41) is 0. The van der Waals surface area contributed by atoms with Crippen LogP contribution in [0.4, 0.5) is 0 Å². The molecule has 62 valence electrons. The van der Waals surface area contributed by atoms with Crippen LogP contribution in [0.3, 0.4) is 0 Å². The summed E-state index contributed by atoms with van der Waals surface area (Å²) in [5.41, 5.74) is 12.4. The van der Waals surface area contributed by atoms with E-state index in [1.807, 2.05) is 12.1 Å². The second-order valence-electron chi connectivity index (χ2n) is 2.19. The molecule has 1 rings (SSSR count). The minimum absolute atomic E-state index is 0.641. The zero-order valence-corrected chi connectivity index (χ0v) is 7.17. The van der Waals surface area contributed by atoms with Crippen molar-refractivity contribution in [1.29, 1.82) is 0 Å². The summed E-state index contributed by atoms with van der Waals surface area (Å²) in [6.45, 7) is 2.71. The van der Waals surface area contributed by atoms with Crippen LogP contribution in [-0.2, 0) is 6.54 Å². The van der Waals surface area contributed by atoms with Crippen LogP contribution in [0.25, 0.3) is 0 Å². The van der Waals surface area contributed by atoms with E-state index in [1.165, 1.54) is 18.2 Å². The summed E-state index contributed by atoms with van der Waals surface area (Å²) in [7, 11) is 1.50. The molecule has 0 bridgehead atoms. The molecule has 0 unspecified atom stereocenters. The number of benzene rings is 1. The van der Waals surface area contributed by atoms with E-state index in [9.17, 15) is 0 Å². The molecule has 0 amide bonds. The zero-order chi connectivity index (χ0) is 8.69. The fourth-order valence-electron chi connectivity index (χ4n) is 0.839. The van der Waals surface area contributed by atoms with Crippen LogP contribution in [0.15, 0.2) is 24.3 Å². The van der Waals surface area contributed by atoms with Crippen molar-refractivity contribution >= 4 is 0 Å². The average molecular weight is 152 g/mol. The minimum atomic E-state index is 0.641. The zero-order valence-electron chi connectivity index (χ0n) is 7.17. The van der Waals surface area contributed by atoms with Crippen molar-refractivity contribution < 1.29 is 0 Å². The third-order valence-electron chi connectivity index (χ3n) is 1.32. The van der Waals surface area contributed by atoms with Gasteiger partial charge in [0.2, 0.25) is 0 Å². The van der Waals surface area contributed by atoms with Crippen LogP contribution in [-0.4, -0.2) is 7.05 Å². The predicted octanol–water partition coefficient (Wildman–Crippen LogP) is 1.03. The Bertz CT molecular complexity index is 197. The highest BCUT2D eigenvalue weighted by atomic mass is 14.5. The lowest BCUT2D eigenvalue weighted by atomic mass is 10.1. The largest absolute Gasteiger partial charge is 0.333 e. The molecular formula is C9H16N2. The number of nitrogens with two attached hydrogens (primary N) is 2. The van der Waals surface area contributed by atoms with Crippen molar-refractivity contribution in [3.63, 3.8) is 0 Å². The van der Waals surface area contributed by atoms with Crippen LogP contribution >= 0.6 is 0 Å². The molecule has 0 fully saturated rings. The lowest BCUT2D eigenvalue weighted by Gasteiger charge is -1.95. The first kappa shape index (κ1) is 10.1. The third-order valence-corrected chi connectivity index (χ3v) is 1.32. The molecule has 2 nitrogen and oxygen atoms in total. The molecule has 0 aliphatic rings. The van der Waals surface area contributed by atoms with Gasteiger partial charge in [-0.15, -0.1) is 0 Å². The molecular weight excluding hydrogens is 136 g/mol. The summed E-state index contributed by atoms with van der Waals surface area (Å²) in [6, 6.07) is 8.23. The number of rotatable bonds is 1. The highest BCUT2D eigenvalue weighted by Crippen LogP contribution is 2.01. The van der Waals surface area contributed by atoms with Gasteiger partial charge in [-0.05, 0) is 19.5 Å². The highest BCUT2D eigenvalue weighted by molar-refractivity contribution is 5.21. The molecule has 1 aromatic rings. The Hall–Kier alpha value is -0.860. The van der Waals surface area contributed by atoms with Gasteiger partial charge in [-0.25, -0.2) is 0 Å². The van der Waals surface area contributed by atoms with Crippen molar-refractivity contribution in [3.05, 3.63) is 35.4 Å². The molecule has 0 spiro atoms. The van der Waals surface area contributed by atoms with Crippen LogP contribution < -0.4 is 11.5 Å². The van der Waals surface area contributed by atoms with E-state index in [4.69, 9.17) is 5.73 Å². The number of hydrogen-bond donors (Lipinski definition) is 2. The number of aryl methyl sites for hydroxylation is 1. The van der Waals surface area contributed by atoms with Gasteiger partial charge in [0.05, 0.1) is 0 Å². The second-order valence-corrected chi connectivity index (χ2v) is 2.19. The normalized spacial score (nSPS) is 8.36.